The molecule has 3 heterocycles. The molecule has 3 aliphatic rings. The highest BCUT2D eigenvalue weighted by molar-refractivity contribution is 5.88. The van der Waals surface area contributed by atoms with E-state index in [0.29, 0.717) is 24.9 Å². The third-order valence-corrected chi connectivity index (χ3v) is 4.55. The zero-order chi connectivity index (χ0) is 11.3. The first kappa shape index (κ1) is 10.5. The van der Waals surface area contributed by atoms with Crippen LogP contribution in [0.1, 0.15) is 39.5 Å². The molecule has 90 valence electrons. The Labute approximate surface area is 96.3 Å². The average molecular weight is 224 g/mol. The van der Waals surface area contributed by atoms with E-state index in [9.17, 15) is 4.79 Å². The second-order valence-electron chi connectivity index (χ2n) is 5.47. The summed E-state index contributed by atoms with van der Waals surface area (Å²) >= 11 is 0. The predicted molar refractivity (Wildman–Crippen MR) is 59.8 cm³/mol. The number of carbonyl (C=O) groups excluding carboxylic acids is 1. The maximum Gasteiger partial charge on any atom is 0.244 e. The standard InChI is InChI=1S/C12H20N2O2/c1-3-12(2)11(15)14(7-13-12)9-6-8-4-5-10(9)16-8/h8-10,13H,3-7H2,1-2H3. The Hall–Kier alpha value is -0.610. The second-order valence-corrected chi connectivity index (χ2v) is 5.47. The van der Waals surface area contributed by atoms with Gasteiger partial charge in [0.15, 0.2) is 0 Å². The van der Waals surface area contributed by atoms with Crippen LogP contribution in [0.25, 0.3) is 0 Å². The van der Waals surface area contributed by atoms with Gasteiger partial charge in [-0.2, -0.15) is 0 Å². The van der Waals surface area contributed by atoms with Gasteiger partial charge in [-0.25, -0.2) is 0 Å². The second kappa shape index (κ2) is 3.44. The van der Waals surface area contributed by atoms with Crippen molar-refractivity contribution in [1.29, 1.82) is 0 Å². The fourth-order valence-corrected chi connectivity index (χ4v) is 3.21. The average Bonchev–Trinajstić information content (AvgIpc) is 2.96. The lowest BCUT2D eigenvalue weighted by molar-refractivity contribution is -0.134. The number of hydrogen-bond acceptors (Lipinski definition) is 3. The van der Waals surface area contributed by atoms with E-state index in [-0.39, 0.29) is 11.4 Å². The Morgan fingerprint density at radius 1 is 1.56 bits per heavy atom. The first-order valence-electron chi connectivity index (χ1n) is 6.35. The largest absolute Gasteiger partial charge is 0.373 e. The lowest BCUT2D eigenvalue weighted by atomic mass is 9.93. The van der Waals surface area contributed by atoms with Crippen molar-refractivity contribution in [2.45, 2.75) is 63.3 Å². The van der Waals surface area contributed by atoms with Crippen LogP contribution in [0.2, 0.25) is 0 Å². The van der Waals surface area contributed by atoms with Crippen LogP contribution in [0.3, 0.4) is 0 Å². The van der Waals surface area contributed by atoms with Gasteiger partial charge in [-0.05, 0) is 32.6 Å². The summed E-state index contributed by atoms with van der Waals surface area (Å²) in [5.74, 6) is 0.260. The zero-order valence-electron chi connectivity index (χ0n) is 10.0. The highest BCUT2D eigenvalue weighted by Gasteiger charge is 2.50. The molecule has 1 N–H and O–H groups in total. The number of amides is 1. The monoisotopic (exact) mass is 224 g/mol. The molecule has 4 nitrogen and oxygen atoms in total. The molecule has 3 rings (SSSR count). The molecule has 3 fully saturated rings. The zero-order valence-corrected chi connectivity index (χ0v) is 10.0. The number of rotatable bonds is 2. The normalized spacial score (nSPS) is 47.0. The molecule has 1 amide bonds. The van der Waals surface area contributed by atoms with E-state index in [0.717, 1.165) is 19.3 Å². The molecule has 0 aliphatic carbocycles. The molecule has 3 aliphatic heterocycles. The van der Waals surface area contributed by atoms with Crippen LogP contribution in [0.4, 0.5) is 0 Å². The van der Waals surface area contributed by atoms with Crippen LogP contribution in [0, 0.1) is 0 Å². The molecule has 0 saturated carbocycles. The fourth-order valence-electron chi connectivity index (χ4n) is 3.21. The lowest BCUT2D eigenvalue weighted by Gasteiger charge is -2.29. The highest BCUT2D eigenvalue weighted by Crippen LogP contribution is 2.38. The SMILES string of the molecule is CCC1(C)NCN(C2CC3CCC2O3)C1=O. The van der Waals surface area contributed by atoms with Crippen LogP contribution in [-0.2, 0) is 9.53 Å². The maximum atomic E-state index is 12.3. The van der Waals surface area contributed by atoms with Crippen molar-refractivity contribution in [3.63, 3.8) is 0 Å². The Morgan fingerprint density at radius 2 is 2.38 bits per heavy atom. The Bertz CT molecular complexity index is 320. The number of fused-ring (bicyclic) bond motifs is 2. The summed E-state index contributed by atoms with van der Waals surface area (Å²) in [6, 6.07) is 0.326. The Kier molecular flexibility index (Phi) is 2.27. The van der Waals surface area contributed by atoms with Gasteiger partial charge in [0.2, 0.25) is 5.91 Å². The van der Waals surface area contributed by atoms with Crippen molar-refractivity contribution in [2.24, 2.45) is 0 Å². The molecule has 0 aromatic heterocycles. The van der Waals surface area contributed by atoms with E-state index in [1.807, 2.05) is 11.8 Å². The lowest BCUT2D eigenvalue weighted by Crippen LogP contribution is -2.47. The summed E-state index contributed by atoms with van der Waals surface area (Å²) in [5, 5.41) is 3.34. The van der Waals surface area contributed by atoms with Gasteiger partial charge >= 0.3 is 0 Å². The van der Waals surface area contributed by atoms with Crippen molar-refractivity contribution in [2.75, 3.05) is 6.67 Å². The van der Waals surface area contributed by atoms with Crippen molar-refractivity contribution in [3.8, 4) is 0 Å². The molecule has 3 saturated heterocycles. The smallest absolute Gasteiger partial charge is 0.244 e. The van der Waals surface area contributed by atoms with Gasteiger partial charge in [0, 0.05) is 0 Å². The molecule has 16 heavy (non-hydrogen) atoms. The number of ether oxygens (including phenoxy) is 1. The minimum atomic E-state index is -0.345. The molecule has 0 aromatic rings. The first-order chi connectivity index (χ1) is 7.64. The summed E-state index contributed by atoms with van der Waals surface area (Å²) in [6.07, 6.45) is 4.91. The van der Waals surface area contributed by atoms with Crippen LogP contribution < -0.4 is 5.32 Å². The quantitative estimate of drug-likeness (QED) is 0.756. The molecular weight excluding hydrogens is 204 g/mol. The van der Waals surface area contributed by atoms with E-state index in [1.54, 1.807) is 0 Å². The van der Waals surface area contributed by atoms with Crippen molar-refractivity contribution >= 4 is 5.91 Å². The van der Waals surface area contributed by atoms with Crippen molar-refractivity contribution in [3.05, 3.63) is 0 Å². The summed E-state index contributed by atoms with van der Waals surface area (Å²) in [7, 11) is 0. The van der Waals surface area contributed by atoms with Crippen molar-refractivity contribution in [1.82, 2.24) is 10.2 Å². The molecule has 4 heteroatoms. The molecular formula is C12H20N2O2. The maximum absolute atomic E-state index is 12.3. The molecule has 0 aromatic carbocycles. The van der Waals surface area contributed by atoms with Gasteiger partial charge in [-0.15, -0.1) is 0 Å². The van der Waals surface area contributed by atoms with Crippen LogP contribution in [0.5, 0.6) is 0 Å². The van der Waals surface area contributed by atoms with Gasteiger partial charge in [-0.1, -0.05) is 6.92 Å². The number of nitrogens with one attached hydrogen (secondary N) is 1. The molecule has 2 bridgehead atoms. The van der Waals surface area contributed by atoms with E-state index >= 15 is 0 Å². The van der Waals surface area contributed by atoms with E-state index in [2.05, 4.69) is 12.2 Å². The molecule has 0 radical (unpaired) electrons. The summed E-state index contributed by atoms with van der Waals surface area (Å²) in [5.41, 5.74) is -0.345. The topological polar surface area (TPSA) is 41.6 Å². The first-order valence-corrected chi connectivity index (χ1v) is 6.35. The summed E-state index contributed by atoms with van der Waals surface area (Å²) < 4.78 is 5.83. The molecule has 4 unspecified atom stereocenters. The van der Waals surface area contributed by atoms with E-state index < -0.39 is 0 Å². The number of carbonyl (C=O) groups is 1. The highest BCUT2D eigenvalue weighted by atomic mass is 16.5. The van der Waals surface area contributed by atoms with Gasteiger partial charge in [0.05, 0.1) is 30.5 Å². The van der Waals surface area contributed by atoms with Gasteiger partial charge in [0.1, 0.15) is 0 Å². The minimum Gasteiger partial charge on any atom is -0.373 e. The number of hydrogen-bond donors (Lipinski definition) is 1. The predicted octanol–water partition coefficient (Wildman–Crippen LogP) is 0.864. The Balaban J connectivity index is 1.75. The van der Waals surface area contributed by atoms with Crippen LogP contribution >= 0.6 is 0 Å². The summed E-state index contributed by atoms with van der Waals surface area (Å²) in [6.45, 7) is 4.76. The van der Waals surface area contributed by atoms with Gasteiger partial charge < -0.3 is 9.64 Å². The van der Waals surface area contributed by atoms with Crippen LogP contribution in [0.15, 0.2) is 0 Å². The third kappa shape index (κ3) is 1.32. The number of nitrogens with zero attached hydrogens (tertiary/aromatic N) is 1. The summed E-state index contributed by atoms with van der Waals surface area (Å²) in [4.78, 5) is 14.3. The minimum absolute atomic E-state index is 0.260. The van der Waals surface area contributed by atoms with Gasteiger partial charge in [-0.3, -0.25) is 10.1 Å². The fraction of sp³-hybridized carbons (Fsp3) is 0.917. The molecule has 4 atom stereocenters. The van der Waals surface area contributed by atoms with E-state index in [4.69, 9.17) is 4.74 Å². The van der Waals surface area contributed by atoms with Crippen molar-refractivity contribution < 1.29 is 9.53 Å². The van der Waals surface area contributed by atoms with E-state index in [1.165, 1.54) is 6.42 Å². The Morgan fingerprint density at radius 3 is 2.88 bits per heavy atom. The molecule has 0 spiro atoms. The van der Waals surface area contributed by atoms with Gasteiger partial charge in [0.25, 0.3) is 0 Å². The third-order valence-electron chi connectivity index (χ3n) is 4.55. The van der Waals surface area contributed by atoms with Crippen LogP contribution in [-0.4, -0.2) is 41.3 Å².